The van der Waals surface area contributed by atoms with Crippen molar-refractivity contribution in [3.63, 3.8) is 0 Å². The monoisotopic (exact) mass is 280 g/mol. The number of ether oxygens (including phenoxy) is 1. The molecule has 0 aliphatic carbocycles. The van der Waals surface area contributed by atoms with Crippen LogP contribution in [0.5, 0.6) is 0 Å². The summed E-state index contributed by atoms with van der Waals surface area (Å²) in [6, 6.07) is 0.369. The first-order valence-corrected chi connectivity index (χ1v) is 7.63. The number of aromatic nitrogens is 2. The minimum Gasteiger partial charge on any atom is -0.379 e. The van der Waals surface area contributed by atoms with Gasteiger partial charge in [0.05, 0.1) is 18.9 Å². The summed E-state index contributed by atoms with van der Waals surface area (Å²) in [5.74, 6) is 0. The maximum atomic E-state index is 5.36. The van der Waals surface area contributed by atoms with E-state index in [9.17, 15) is 0 Å². The normalized spacial score (nSPS) is 18.4. The van der Waals surface area contributed by atoms with Gasteiger partial charge in [-0.25, -0.2) is 0 Å². The third-order valence-electron chi connectivity index (χ3n) is 4.20. The van der Waals surface area contributed by atoms with Crippen molar-refractivity contribution >= 4 is 0 Å². The molecular formula is C15H28N4O. The van der Waals surface area contributed by atoms with Crippen molar-refractivity contribution in [1.29, 1.82) is 0 Å². The highest BCUT2D eigenvalue weighted by atomic mass is 16.5. The molecule has 5 nitrogen and oxygen atoms in total. The molecule has 1 aliphatic rings. The number of rotatable bonds is 6. The van der Waals surface area contributed by atoms with E-state index in [4.69, 9.17) is 4.74 Å². The molecule has 0 bridgehead atoms. The first-order valence-electron chi connectivity index (χ1n) is 7.63. The lowest BCUT2D eigenvalue weighted by Gasteiger charge is -2.26. The fourth-order valence-corrected chi connectivity index (χ4v) is 2.96. The van der Waals surface area contributed by atoms with E-state index in [0.29, 0.717) is 6.04 Å². The second-order valence-corrected chi connectivity index (χ2v) is 5.69. The standard InChI is InChI=1S/C15H28N4O/c1-12(15-13(2)17-18(4)14(15)3)16-6-5-7-19-8-10-20-11-9-19/h12,16H,5-11H2,1-4H3. The summed E-state index contributed by atoms with van der Waals surface area (Å²) in [6.45, 7) is 12.6. The Bertz CT molecular complexity index is 424. The number of aryl methyl sites for hydroxylation is 2. The maximum Gasteiger partial charge on any atom is 0.0644 e. The SMILES string of the molecule is Cc1nn(C)c(C)c1C(C)NCCCN1CCOCC1. The van der Waals surface area contributed by atoms with Crippen LogP contribution in [-0.2, 0) is 11.8 Å². The van der Waals surface area contributed by atoms with Crippen molar-refractivity contribution in [2.75, 3.05) is 39.4 Å². The Hall–Kier alpha value is -0.910. The molecule has 1 aliphatic heterocycles. The quantitative estimate of drug-likeness (QED) is 0.800. The molecule has 0 amide bonds. The van der Waals surface area contributed by atoms with Crippen molar-refractivity contribution in [2.45, 2.75) is 33.2 Å². The molecule has 1 atom stereocenters. The van der Waals surface area contributed by atoms with E-state index in [1.165, 1.54) is 17.7 Å². The summed E-state index contributed by atoms with van der Waals surface area (Å²) >= 11 is 0. The van der Waals surface area contributed by atoms with Crippen LogP contribution in [0.3, 0.4) is 0 Å². The summed E-state index contributed by atoms with van der Waals surface area (Å²) in [4.78, 5) is 2.48. The van der Waals surface area contributed by atoms with E-state index in [1.54, 1.807) is 0 Å². The molecule has 0 radical (unpaired) electrons. The fourth-order valence-electron chi connectivity index (χ4n) is 2.96. The Labute approximate surface area is 122 Å². The smallest absolute Gasteiger partial charge is 0.0644 e. The van der Waals surface area contributed by atoms with Gasteiger partial charge in [0, 0.05) is 37.4 Å². The second kappa shape index (κ2) is 7.20. The predicted molar refractivity (Wildman–Crippen MR) is 81.0 cm³/mol. The highest BCUT2D eigenvalue weighted by Crippen LogP contribution is 2.20. The minimum atomic E-state index is 0.369. The average Bonchev–Trinajstić information content (AvgIpc) is 2.69. The molecule has 1 saturated heterocycles. The second-order valence-electron chi connectivity index (χ2n) is 5.69. The molecule has 0 saturated carbocycles. The third-order valence-corrected chi connectivity index (χ3v) is 4.20. The molecule has 114 valence electrons. The lowest BCUT2D eigenvalue weighted by molar-refractivity contribution is 0.0374. The Kier molecular flexibility index (Phi) is 5.57. The van der Waals surface area contributed by atoms with E-state index in [2.05, 4.69) is 36.1 Å². The van der Waals surface area contributed by atoms with Crippen molar-refractivity contribution in [2.24, 2.45) is 7.05 Å². The van der Waals surface area contributed by atoms with Crippen LogP contribution in [0.25, 0.3) is 0 Å². The molecule has 2 heterocycles. The van der Waals surface area contributed by atoms with Crippen LogP contribution in [0, 0.1) is 13.8 Å². The van der Waals surface area contributed by atoms with Crippen LogP contribution in [0.1, 0.15) is 36.3 Å². The van der Waals surface area contributed by atoms with Gasteiger partial charge in [-0.2, -0.15) is 5.10 Å². The lowest BCUT2D eigenvalue weighted by atomic mass is 10.1. The van der Waals surface area contributed by atoms with Gasteiger partial charge in [-0.15, -0.1) is 0 Å². The lowest BCUT2D eigenvalue weighted by Crippen LogP contribution is -2.37. The van der Waals surface area contributed by atoms with E-state index in [-0.39, 0.29) is 0 Å². The first kappa shape index (κ1) is 15.5. The van der Waals surface area contributed by atoms with Gasteiger partial charge in [-0.3, -0.25) is 9.58 Å². The van der Waals surface area contributed by atoms with Crippen LogP contribution in [0.2, 0.25) is 0 Å². The fraction of sp³-hybridized carbons (Fsp3) is 0.800. The van der Waals surface area contributed by atoms with Crippen LogP contribution in [-0.4, -0.2) is 54.1 Å². The maximum absolute atomic E-state index is 5.36. The molecule has 0 aromatic carbocycles. The molecule has 0 spiro atoms. The van der Waals surface area contributed by atoms with E-state index in [1.807, 2.05) is 11.7 Å². The van der Waals surface area contributed by atoms with Gasteiger partial charge in [0.2, 0.25) is 0 Å². The van der Waals surface area contributed by atoms with Crippen molar-refractivity contribution in [3.05, 3.63) is 17.0 Å². The summed E-state index contributed by atoms with van der Waals surface area (Å²) in [7, 11) is 2.01. The first-order chi connectivity index (χ1) is 9.59. The van der Waals surface area contributed by atoms with Crippen LogP contribution >= 0.6 is 0 Å². The van der Waals surface area contributed by atoms with Crippen LogP contribution < -0.4 is 5.32 Å². The summed E-state index contributed by atoms with van der Waals surface area (Å²) in [6.07, 6.45) is 1.18. The number of nitrogens with zero attached hydrogens (tertiary/aromatic N) is 3. The predicted octanol–water partition coefficient (Wildman–Crippen LogP) is 1.41. The molecular weight excluding hydrogens is 252 g/mol. The third kappa shape index (κ3) is 3.81. The number of morpholine rings is 1. The van der Waals surface area contributed by atoms with E-state index in [0.717, 1.165) is 45.1 Å². The molecule has 1 fully saturated rings. The molecule has 20 heavy (non-hydrogen) atoms. The van der Waals surface area contributed by atoms with Gasteiger partial charge < -0.3 is 10.1 Å². The van der Waals surface area contributed by atoms with Gasteiger partial charge in [0.25, 0.3) is 0 Å². The average molecular weight is 280 g/mol. The largest absolute Gasteiger partial charge is 0.379 e. The number of nitrogens with one attached hydrogen (secondary N) is 1. The topological polar surface area (TPSA) is 42.3 Å². The summed E-state index contributed by atoms with van der Waals surface area (Å²) in [5.41, 5.74) is 3.74. The Morgan fingerprint density at radius 2 is 2.00 bits per heavy atom. The summed E-state index contributed by atoms with van der Waals surface area (Å²) in [5, 5.41) is 8.11. The molecule has 1 N–H and O–H groups in total. The minimum absolute atomic E-state index is 0.369. The van der Waals surface area contributed by atoms with E-state index < -0.39 is 0 Å². The van der Waals surface area contributed by atoms with Crippen molar-refractivity contribution in [1.82, 2.24) is 20.0 Å². The van der Waals surface area contributed by atoms with Gasteiger partial charge in [0.15, 0.2) is 0 Å². The molecule has 1 unspecified atom stereocenters. The summed E-state index contributed by atoms with van der Waals surface area (Å²) < 4.78 is 7.33. The van der Waals surface area contributed by atoms with Crippen molar-refractivity contribution in [3.8, 4) is 0 Å². The van der Waals surface area contributed by atoms with Crippen LogP contribution in [0.15, 0.2) is 0 Å². The highest BCUT2D eigenvalue weighted by molar-refractivity contribution is 5.27. The van der Waals surface area contributed by atoms with Crippen molar-refractivity contribution < 1.29 is 4.74 Å². The molecule has 5 heteroatoms. The Morgan fingerprint density at radius 3 is 2.60 bits per heavy atom. The van der Waals surface area contributed by atoms with Gasteiger partial charge >= 0.3 is 0 Å². The van der Waals surface area contributed by atoms with Gasteiger partial charge in [0.1, 0.15) is 0 Å². The Balaban J connectivity index is 1.73. The Morgan fingerprint density at radius 1 is 1.30 bits per heavy atom. The van der Waals surface area contributed by atoms with Gasteiger partial charge in [-0.1, -0.05) is 0 Å². The highest BCUT2D eigenvalue weighted by Gasteiger charge is 2.15. The molecule has 1 aromatic rings. The molecule has 1 aromatic heterocycles. The number of hydrogen-bond donors (Lipinski definition) is 1. The van der Waals surface area contributed by atoms with E-state index >= 15 is 0 Å². The van der Waals surface area contributed by atoms with Gasteiger partial charge in [-0.05, 0) is 40.3 Å². The van der Waals surface area contributed by atoms with Crippen LogP contribution in [0.4, 0.5) is 0 Å². The number of hydrogen-bond acceptors (Lipinski definition) is 4. The zero-order chi connectivity index (χ0) is 14.5. The zero-order valence-electron chi connectivity index (χ0n) is 13.3. The zero-order valence-corrected chi connectivity index (χ0v) is 13.3. The molecule has 2 rings (SSSR count).